The number of aryl methyl sites for hydroxylation is 1. The fourth-order valence-electron chi connectivity index (χ4n) is 3.38. The first-order valence-corrected chi connectivity index (χ1v) is 10.8. The Balaban J connectivity index is 1.42. The van der Waals surface area contributed by atoms with E-state index in [9.17, 15) is 9.59 Å². The zero-order valence-electron chi connectivity index (χ0n) is 19.0. The van der Waals surface area contributed by atoms with Crippen LogP contribution in [0, 0.1) is 6.92 Å². The molecule has 1 N–H and O–H groups in total. The van der Waals surface area contributed by atoms with Crippen LogP contribution < -0.4 is 20.3 Å². The Morgan fingerprint density at radius 1 is 0.941 bits per heavy atom. The van der Waals surface area contributed by atoms with E-state index in [0.717, 1.165) is 22.4 Å². The number of nitrogens with zero attached hydrogens (tertiary/aromatic N) is 2. The largest absolute Gasteiger partial charge is 0.497 e. The minimum Gasteiger partial charge on any atom is -0.497 e. The molecule has 0 radical (unpaired) electrons. The van der Waals surface area contributed by atoms with Crippen LogP contribution in [-0.4, -0.2) is 22.8 Å². The lowest BCUT2D eigenvalue weighted by molar-refractivity contribution is 0.0951. The minimum absolute atomic E-state index is 0.188. The van der Waals surface area contributed by atoms with Gasteiger partial charge in [-0.15, -0.1) is 5.10 Å². The van der Waals surface area contributed by atoms with Crippen molar-refractivity contribution in [1.29, 1.82) is 0 Å². The summed E-state index contributed by atoms with van der Waals surface area (Å²) >= 11 is 0. The predicted molar refractivity (Wildman–Crippen MR) is 130 cm³/mol. The van der Waals surface area contributed by atoms with Crippen LogP contribution >= 0.6 is 0 Å². The van der Waals surface area contributed by atoms with Crippen molar-refractivity contribution in [2.24, 2.45) is 0 Å². The van der Waals surface area contributed by atoms with E-state index < -0.39 is 0 Å². The Kier molecular flexibility index (Phi) is 7.03. The van der Waals surface area contributed by atoms with Gasteiger partial charge in [-0.05, 0) is 60.0 Å². The van der Waals surface area contributed by atoms with Crippen molar-refractivity contribution >= 4 is 5.91 Å². The van der Waals surface area contributed by atoms with Gasteiger partial charge in [0.05, 0.1) is 12.8 Å². The van der Waals surface area contributed by atoms with E-state index in [1.54, 1.807) is 31.4 Å². The molecule has 7 heteroatoms. The fraction of sp³-hybridized carbons (Fsp3) is 0.148. The Bertz CT molecular complexity index is 1330. The van der Waals surface area contributed by atoms with Crippen LogP contribution in [0.4, 0.5) is 0 Å². The Morgan fingerprint density at radius 3 is 2.38 bits per heavy atom. The standard InChI is InChI=1S/C27H25N3O4/c1-19-5-3-4-6-22(19)17-28-27(32)21-9-11-23(12-10-21)30-26(31)16-15-25(29-30)34-18-20-7-13-24(33-2)14-8-20/h3-16H,17-18H2,1-2H3,(H,28,32). The van der Waals surface area contributed by atoms with Crippen molar-refractivity contribution in [2.45, 2.75) is 20.1 Å². The fourth-order valence-corrected chi connectivity index (χ4v) is 3.38. The monoisotopic (exact) mass is 455 g/mol. The number of amides is 1. The smallest absolute Gasteiger partial charge is 0.271 e. The molecule has 0 bridgehead atoms. The maximum absolute atomic E-state index is 12.5. The summed E-state index contributed by atoms with van der Waals surface area (Å²) in [4.78, 5) is 24.9. The molecule has 1 heterocycles. The summed E-state index contributed by atoms with van der Waals surface area (Å²) in [6.07, 6.45) is 0. The normalized spacial score (nSPS) is 10.5. The Morgan fingerprint density at radius 2 is 1.68 bits per heavy atom. The van der Waals surface area contributed by atoms with Gasteiger partial charge in [-0.25, -0.2) is 0 Å². The van der Waals surface area contributed by atoms with Crippen LogP contribution in [0.1, 0.15) is 27.0 Å². The maximum Gasteiger partial charge on any atom is 0.271 e. The highest BCUT2D eigenvalue weighted by Gasteiger charge is 2.09. The molecule has 0 unspecified atom stereocenters. The second kappa shape index (κ2) is 10.5. The lowest BCUT2D eigenvalue weighted by Gasteiger charge is -2.10. The molecule has 0 aliphatic carbocycles. The molecule has 4 aromatic rings. The van der Waals surface area contributed by atoms with Gasteiger partial charge in [-0.1, -0.05) is 36.4 Å². The van der Waals surface area contributed by atoms with Crippen LogP contribution in [-0.2, 0) is 13.2 Å². The maximum atomic E-state index is 12.5. The number of hydrogen-bond acceptors (Lipinski definition) is 5. The van der Waals surface area contributed by atoms with E-state index in [2.05, 4.69) is 10.4 Å². The van der Waals surface area contributed by atoms with E-state index in [1.165, 1.54) is 16.8 Å². The van der Waals surface area contributed by atoms with Gasteiger partial charge in [0.2, 0.25) is 5.88 Å². The molecule has 3 aromatic carbocycles. The Labute approximate surface area is 197 Å². The van der Waals surface area contributed by atoms with Gasteiger partial charge in [0.15, 0.2) is 0 Å². The van der Waals surface area contributed by atoms with Crippen molar-refractivity contribution in [3.05, 3.63) is 118 Å². The zero-order valence-corrected chi connectivity index (χ0v) is 19.0. The molecule has 0 fully saturated rings. The first kappa shape index (κ1) is 22.8. The molecule has 0 saturated heterocycles. The van der Waals surface area contributed by atoms with Gasteiger partial charge in [0.1, 0.15) is 12.4 Å². The Hall–Kier alpha value is -4.39. The number of methoxy groups -OCH3 is 1. The molecule has 1 amide bonds. The molecular weight excluding hydrogens is 430 g/mol. The van der Waals surface area contributed by atoms with Gasteiger partial charge in [0, 0.05) is 24.2 Å². The van der Waals surface area contributed by atoms with E-state index >= 15 is 0 Å². The highest BCUT2D eigenvalue weighted by Crippen LogP contribution is 2.14. The van der Waals surface area contributed by atoms with Crippen molar-refractivity contribution in [3.63, 3.8) is 0 Å². The summed E-state index contributed by atoms with van der Waals surface area (Å²) in [7, 11) is 1.61. The second-order valence-electron chi connectivity index (χ2n) is 7.71. The number of rotatable bonds is 8. The number of benzene rings is 3. The number of carbonyl (C=O) groups is 1. The quantitative estimate of drug-likeness (QED) is 0.433. The van der Waals surface area contributed by atoms with Gasteiger partial charge in [-0.2, -0.15) is 4.68 Å². The average Bonchev–Trinajstić information content (AvgIpc) is 2.88. The number of aromatic nitrogens is 2. The highest BCUT2D eigenvalue weighted by molar-refractivity contribution is 5.94. The molecule has 172 valence electrons. The van der Waals surface area contributed by atoms with Crippen LogP contribution in [0.5, 0.6) is 11.6 Å². The first-order valence-electron chi connectivity index (χ1n) is 10.8. The van der Waals surface area contributed by atoms with Gasteiger partial charge in [-0.3, -0.25) is 9.59 Å². The number of nitrogens with one attached hydrogen (secondary N) is 1. The van der Waals surface area contributed by atoms with Gasteiger partial charge >= 0.3 is 0 Å². The summed E-state index contributed by atoms with van der Waals surface area (Å²) in [6.45, 7) is 2.76. The topological polar surface area (TPSA) is 82.5 Å². The number of ether oxygens (including phenoxy) is 2. The molecule has 1 aromatic heterocycles. The van der Waals surface area contributed by atoms with Gasteiger partial charge < -0.3 is 14.8 Å². The minimum atomic E-state index is -0.298. The van der Waals surface area contributed by atoms with E-state index in [4.69, 9.17) is 9.47 Å². The molecule has 7 nitrogen and oxygen atoms in total. The average molecular weight is 456 g/mol. The molecule has 0 aliphatic heterocycles. The third-order valence-electron chi connectivity index (χ3n) is 5.40. The van der Waals surface area contributed by atoms with Crippen molar-refractivity contribution in [2.75, 3.05) is 7.11 Å². The third-order valence-corrected chi connectivity index (χ3v) is 5.40. The highest BCUT2D eigenvalue weighted by atomic mass is 16.5. The number of carbonyl (C=O) groups excluding carboxylic acids is 1. The van der Waals surface area contributed by atoms with Crippen LogP contribution in [0.25, 0.3) is 5.69 Å². The number of hydrogen-bond donors (Lipinski definition) is 1. The van der Waals surface area contributed by atoms with Crippen LogP contribution in [0.15, 0.2) is 89.7 Å². The van der Waals surface area contributed by atoms with Crippen molar-refractivity contribution in [1.82, 2.24) is 15.1 Å². The molecule has 0 atom stereocenters. The van der Waals surface area contributed by atoms with Crippen molar-refractivity contribution in [3.8, 4) is 17.3 Å². The summed E-state index contributed by atoms with van der Waals surface area (Å²) in [5.74, 6) is 0.893. The SMILES string of the molecule is COc1ccc(COc2ccc(=O)n(-c3ccc(C(=O)NCc4ccccc4C)cc3)n2)cc1. The van der Waals surface area contributed by atoms with Crippen molar-refractivity contribution < 1.29 is 14.3 Å². The van der Waals surface area contributed by atoms with E-state index in [-0.39, 0.29) is 11.5 Å². The zero-order chi connectivity index (χ0) is 23.9. The molecule has 0 saturated carbocycles. The predicted octanol–water partition coefficient (Wildman–Crippen LogP) is 4.06. The van der Waals surface area contributed by atoms with Crippen LogP contribution in [0.3, 0.4) is 0 Å². The third kappa shape index (κ3) is 5.50. The molecular formula is C27H25N3O4. The van der Waals surface area contributed by atoms with Crippen LogP contribution in [0.2, 0.25) is 0 Å². The lowest BCUT2D eigenvalue weighted by atomic mass is 10.1. The second-order valence-corrected chi connectivity index (χ2v) is 7.71. The summed E-state index contributed by atoms with van der Waals surface area (Å²) in [6, 6.07) is 25.1. The molecule has 0 spiro atoms. The summed E-state index contributed by atoms with van der Waals surface area (Å²) in [5, 5.41) is 7.23. The molecule has 0 aliphatic rings. The van der Waals surface area contributed by atoms with E-state index in [1.807, 2.05) is 55.5 Å². The van der Waals surface area contributed by atoms with E-state index in [0.29, 0.717) is 30.3 Å². The summed E-state index contributed by atoms with van der Waals surface area (Å²) < 4.78 is 12.2. The van der Waals surface area contributed by atoms with Gasteiger partial charge in [0.25, 0.3) is 11.5 Å². The molecule has 34 heavy (non-hydrogen) atoms. The lowest BCUT2D eigenvalue weighted by Crippen LogP contribution is -2.23. The molecule has 4 rings (SSSR count). The summed E-state index contributed by atoms with van der Waals surface area (Å²) in [5.41, 5.74) is 3.87. The first-order chi connectivity index (χ1) is 16.5.